The lowest BCUT2D eigenvalue weighted by molar-refractivity contribution is -0.274. The van der Waals surface area contributed by atoms with E-state index in [0.717, 1.165) is 12.1 Å². The van der Waals surface area contributed by atoms with E-state index >= 15 is 0 Å². The van der Waals surface area contributed by atoms with Crippen molar-refractivity contribution in [1.29, 1.82) is 0 Å². The summed E-state index contributed by atoms with van der Waals surface area (Å²) in [6.07, 6.45) is -4.83. The molecule has 10 heteroatoms. The van der Waals surface area contributed by atoms with Crippen molar-refractivity contribution < 1.29 is 36.7 Å². The Bertz CT molecular complexity index is 1100. The van der Waals surface area contributed by atoms with Gasteiger partial charge in [-0.15, -0.1) is 13.2 Å². The maximum absolute atomic E-state index is 13.0. The largest absolute Gasteiger partial charge is 0.573 e. The first-order chi connectivity index (χ1) is 14.8. The van der Waals surface area contributed by atoms with E-state index in [1.807, 2.05) is 0 Å². The first-order valence-corrected chi connectivity index (χ1v) is 9.37. The molecule has 1 saturated heterocycles. The number of hydrogen-bond donors (Lipinski definition) is 1. The van der Waals surface area contributed by atoms with Crippen LogP contribution in [0.15, 0.2) is 52.9 Å². The van der Waals surface area contributed by atoms with Gasteiger partial charge in [-0.2, -0.15) is 0 Å². The summed E-state index contributed by atoms with van der Waals surface area (Å²) in [7, 11) is 0. The molecule has 7 nitrogen and oxygen atoms in total. The Kier molecular flexibility index (Phi) is 5.55. The molecule has 0 saturated carbocycles. The van der Waals surface area contributed by atoms with Crippen LogP contribution in [0.1, 0.15) is 20.9 Å². The highest BCUT2D eigenvalue weighted by Crippen LogP contribution is 2.32. The minimum Gasteiger partial charge on any atom is -0.449 e. The summed E-state index contributed by atoms with van der Waals surface area (Å²) >= 11 is 0. The summed E-state index contributed by atoms with van der Waals surface area (Å²) in [5, 5.41) is 3.19. The fraction of sp³-hybridized carbons (Fsp3) is 0.238. The molecule has 31 heavy (non-hydrogen) atoms. The Morgan fingerprint density at radius 1 is 1.00 bits per heavy atom. The lowest BCUT2D eigenvalue weighted by Crippen LogP contribution is -2.40. The van der Waals surface area contributed by atoms with Gasteiger partial charge in [0.1, 0.15) is 17.0 Å². The van der Waals surface area contributed by atoms with E-state index in [0.29, 0.717) is 37.3 Å². The van der Waals surface area contributed by atoms with Crippen molar-refractivity contribution in [2.24, 2.45) is 0 Å². The van der Waals surface area contributed by atoms with E-state index in [1.54, 1.807) is 29.2 Å². The monoisotopic (exact) mass is 434 g/mol. The predicted molar refractivity (Wildman–Crippen MR) is 104 cm³/mol. The highest BCUT2D eigenvalue weighted by atomic mass is 19.4. The number of nitrogens with one attached hydrogen (secondary N) is 1. The zero-order chi connectivity index (χ0) is 22.0. The standard InChI is InChI=1S/C21H17F3N2O5/c22-21(23,24)31-14-7-5-13(6-8-14)19(27)25-17-15-3-1-2-4-16(15)30-18(17)20(28)26-9-11-29-12-10-26/h1-8H,9-12H2,(H,25,27). The lowest BCUT2D eigenvalue weighted by atomic mass is 10.1. The Morgan fingerprint density at radius 2 is 1.68 bits per heavy atom. The molecule has 1 aromatic heterocycles. The topological polar surface area (TPSA) is 81.0 Å². The molecule has 4 rings (SSSR count). The number of halogens is 3. The third-order valence-corrected chi connectivity index (χ3v) is 4.68. The van der Waals surface area contributed by atoms with Gasteiger partial charge in [0, 0.05) is 24.0 Å². The van der Waals surface area contributed by atoms with Crippen molar-refractivity contribution in [1.82, 2.24) is 4.90 Å². The molecule has 162 valence electrons. The van der Waals surface area contributed by atoms with Gasteiger partial charge in [-0.3, -0.25) is 9.59 Å². The van der Waals surface area contributed by atoms with Gasteiger partial charge in [0.25, 0.3) is 11.8 Å². The molecule has 0 unspecified atom stereocenters. The molecular weight excluding hydrogens is 417 g/mol. The first kappa shape index (κ1) is 20.7. The van der Waals surface area contributed by atoms with Crippen LogP contribution in [0.25, 0.3) is 11.0 Å². The predicted octanol–water partition coefficient (Wildman–Crippen LogP) is 4.06. The summed E-state index contributed by atoms with van der Waals surface area (Å²) in [4.78, 5) is 27.3. The Hall–Kier alpha value is -3.53. The molecule has 0 radical (unpaired) electrons. The van der Waals surface area contributed by atoms with Gasteiger partial charge in [0.15, 0.2) is 0 Å². The number of carbonyl (C=O) groups excluding carboxylic acids is 2. The van der Waals surface area contributed by atoms with Gasteiger partial charge in [-0.25, -0.2) is 0 Å². The second-order valence-electron chi connectivity index (χ2n) is 6.73. The molecule has 3 aromatic rings. The van der Waals surface area contributed by atoms with E-state index in [4.69, 9.17) is 9.15 Å². The molecular formula is C21H17F3N2O5. The molecule has 2 heterocycles. The minimum absolute atomic E-state index is 0.0199. The van der Waals surface area contributed by atoms with Gasteiger partial charge in [-0.05, 0) is 36.4 Å². The number of para-hydroxylation sites is 1. The molecule has 2 amide bonds. The average molecular weight is 434 g/mol. The van der Waals surface area contributed by atoms with E-state index in [9.17, 15) is 22.8 Å². The van der Waals surface area contributed by atoms with Crippen LogP contribution < -0.4 is 10.1 Å². The summed E-state index contributed by atoms with van der Waals surface area (Å²) in [6, 6.07) is 11.3. The summed E-state index contributed by atoms with van der Waals surface area (Å²) in [5.41, 5.74) is 0.709. The summed E-state index contributed by atoms with van der Waals surface area (Å²) < 4.78 is 51.8. The van der Waals surface area contributed by atoms with E-state index in [2.05, 4.69) is 10.1 Å². The molecule has 0 atom stereocenters. The number of morpholine rings is 1. The molecule has 1 aliphatic rings. The number of alkyl halides is 3. The van der Waals surface area contributed by atoms with Gasteiger partial charge >= 0.3 is 6.36 Å². The normalized spacial score (nSPS) is 14.5. The molecule has 1 fully saturated rings. The number of amides is 2. The fourth-order valence-electron chi connectivity index (χ4n) is 3.22. The third kappa shape index (κ3) is 4.64. The molecule has 0 aliphatic carbocycles. The maximum atomic E-state index is 13.0. The van der Waals surface area contributed by atoms with E-state index in [-0.39, 0.29) is 22.9 Å². The number of carbonyl (C=O) groups is 2. The van der Waals surface area contributed by atoms with Crippen LogP contribution in [0.4, 0.5) is 18.9 Å². The van der Waals surface area contributed by atoms with Crippen LogP contribution in [-0.4, -0.2) is 49.4 Å². The van der Waals surface area contributed by atoms with Gasteiger partial charge < -0.3 is 24.1 Å². The quantitative estimate of drug-likeness (QED) is 0.670. The number of fused-ring (bicyclic) bond motifs is 1. The molecule has 2 aromatic carbocycles. The fourth-order valence-corrected chi connectivity index (χ4v) is 3.22. The van der Waals surface area contributed by atoms with Gasteiger partial charge in [0.2, 0.25) is 5.76 Å². The summed E-state index contributed by atoms with van der Waals surface area (Å²) in [5.74, 6) is -1.46. The molecule has 1 N–H and O–H groups in total. The average Bonchev–Trinajstić information content (AvgIpc) is 3.11. The molecule has 1 aliphatic heterocycles. The van der Waals surface area contributed by atoms with Crippen molar-refractivity contribution in [3.05, 3.63) is 59.9 Å². The minimum atomic E-state index is -4.83. The van der Waals surface area contributed by atoms with Crippen molar-refractivity contribution >= 4 is 28.5 Å². The Morgan fingerprint density at radius 3 is 2.35 bits per heavy atom. The number of benzene rings is 2. The van der Waals surface area contributed by atoms with Crippen molar-refractivity contribution in [2.75, 3.05) is 31.6 Å². The van der Waals surface area contributed by atoms with E-state index < -0.39 is 18.0 Å². The number of anilines is 1. The smallest absolute Gasteiger partial charge is 0.449 e. The van der Waals surface area contributed by atoms with Crippen molar-refractivity contribution in [3.63, 3.8) is 0 Å². The number of hydrogen-bond acceptors (Lipinski definition) is 5. The lowest BCUT2D eigenvalue weighted by Gasteiger charge is -2.26. The SMILES string of the molecule is O=C(Nc1c(C(=O)N2CCOCC2)oc2ccccc12)c1ccc(OC(F)(F)F)cc1. The zero-order valence-corrected chi connectivity index (χ0v) is 16.1. The number of furan rings is 1. The number of rotatable bonds is 4. The third-order valence-electron chi connectivity index (χ3n) is 4.68. The van der Waals surface area contributed by atoms with Crippen molar-refractivity contribution in [3.8, 4) is 5.75 Å². The summed E-state index contributed by atoms with van der Waals surface area (Å²) in [6.45, 7) is 1.59. The van der Waals surface area contributed by atoms with Crippen LogP contribution in [0, 0.1) is 0 Å². The van der Waals surface area contributed by atoms with Crippen LogP contribution in [0.3, 0.4) is 0 Å². The second kappa shape index (κ2) is 8.31. The molecule has 0 spiro atoms. The number of ether oxygens (including phenoxy) is 2. The van der Waals surface area contributed by atoms with Gasteiger partial charge in [-0.1, -0.05) is 12.1 Å². The maximum Gasteiger partial charge on any atom is 0.573 e. The highest BCUT2D eigenvalue weighted by Gasteiger charge is 2.31. The zero-order valence-electron chi connectivity index (χ0n) is 16.1. The van der Waals surface area contributed by atoms with Crippen LogP contribution >= 0.6 is 0 Å². The van der Waals surface area contributed by atoms with Crippen molar-refractivity contribution in [2.45, 2.75) is 6.36 Å². The Labute approximate surface area is 174 Å². The van der Waals surface area contributed by atoms with E-state index in [1.165, 1.54) is 12.1 Å². The number of nitrogens with zero attached hydrogens (tertiary/aromatic N) is 1. The van der Waals surface area contributed by atoms with Gasteiger partial charge in [0.05, 0.1) is 13.2 Å². The Balaban J connectivity index is 1.61. The highest BCUT2D eigenvalue weighted by molar-refractivity contribution is 6.14. The first-order valence-electron chi connectivity index (χ1n) is 9.37. The van der Waals surface area contributed by atoms with Crippen LogP contribution in [0.2, 0.25) is 0 Å². The molecule has 0 bridgehead atoms. The van der Waals surface area contributed by atoms with Crippen LogP contribution in [-0.2, 0) is 4.74 Å². The second-order valence-corrected chi connectivity index (χ2v) is 6.73. The van der Waals surface area contributed by atoms with Crippen LogP contribution in [0.5, 0.6) is 5.75 Å².